The second-order valence-corrected chi connectivity index (χ2v) is 5.12. The molecule has 0 atom stereocenters. The molecule has 4 N–H and O–H groups in total. The van der Waals surface area contributed by atoms with Crippen LogP contribution in [0, 0.1) is 17.0 Å². The Bertz CT molecular complexity index is 707. The predicted octanol–water partition coefficient (Wildman–Crippen LogP) is 4.24. The fourth-order valence-electron chi connectivity index (χ4n) is 1.84. The lowest BCUT2D eigenvalue weighted by atomic mass is 10.2. The van der Waals surface area contributed by atoms with Crippen LogP contribution in [0.5, 0.6) is 0 Å². The maximum absolute atomic E-state index is 11.2. The summed E-state index contributed by atoms with van der Waals surface area (Å²) in [4.78, 5) is 10.7. The third-order valence-corrected chi connectivity index (χ3v) is 3.61. The SMILES string of the molecule is Cc1cc(Cl)c(Nc2cccc(NN)c2[N+](=O)[O-])cc1Cl. The minimum Gasteiger partial charge on any atom is -0.349 e. The number of nitro benzene ring substituents is 1. The van der Waals surface area contributed by atoms with Crippen molar-refractivity contribution in [3.63, 3.8) is 0 Å². The van der Waals surface area contributed by atoms with Crippen LogP contribution < -0.4 is 16.6 Å². The van der Waals surface area contributed by atoms with Gasteiger partial charge in [0, 0.05) is 5.02 Å². The van der Waals surface area contributed by atoms with E-state index < -0.39 is 4.92 Å². The molecule has 2 rings (SSSR count). The largest absolute Gasteiger partial charge is 0.349 e. The third-order valence-electron chi connectivity index (χ3n) is 2.89. The Labute approximate surface area is 131 Å². The Kier molecular flexibility index (Phi) is 4.52. The fourth-order valence-corrected chi connectivity index (χ4v) is 2.27. The second kappa shape index (κ2) is 6.17. The first-order valence-corrected chi connectivity index (χ1v) is 6.66. The summed E-state index contributed by atoms with van der Waals surface area (Å²) in [7, 11) is 0. The van der Waals surface area contributed by atoms with Gasteiger partial charge in [0.2, 0.25) is 0 Å². The molecule has 0 aliphatic carbocycles. The van der Waals surface area contributed by atoms with E-state index in [1.165, 1.54) is 6.07 Å². The molecule has 110 valence electrons. The lowest BCUT2D eigenvalue weighted by Gasteiger charge is -2.12. The Hall–Kier alpha value is -2.02. The summed E-state index contributed by atoms with van der Waals surface area (Å²) < 4.78 is 0. The molecule has 0 amide bonds. The number of para-hydroxylation sites is 1. The van der Waals surface area contributed by atoms with E-state index >= 15 is 0 Å². The van der Waals surface area contributed by atoms with Gasteiger partial charge >= 0.3 is 5.69 Å². The van der Waals surface area contributed by atoms with Crippen LogP contribution in [0.15, 0.2) is 30.3 Å². The minimum atomic E-state index is -0.527. The predicted molar refractivity (Wildman–Crippen MR) is 85.4 cm³/mol. The molecule has 0 radical (unpaired) electrons. The number of hydrazine groups is 1. The average molecular weight is 327 g/mol. The highest BCUT2D eigenvalue weighted by atomic mass is 35.5. The maximum atomic E-state index is 11.2. The van der Waals surface area contributed by atoms with Gasteiger partial charge in [0.05, 0.1) is 15.6 Å². The quantitative estimate of drug-likeness (QED) is 0.444. The van der Waals surface area contributed by atoms with Crippen molar-refractivity contribution in [3.8, 4) is 0 Å². The van der Waals surface area contributed by atoms with E-state index in [0.29, 0.717) is 15.7 Å². The molecule has 0 unspecified atom stereocenters. The number of nitrogens with two attached hydrogens (primary N) is 1. The molecule has 0 bridgehead atoms. The smallest absolute Gasteiger partial charge is 0.316 e. The first kappa shape index (κ1) is 15.4. The third kappa shape index (κ3) is 3.18. The summed E-state index contributed by atoms with van der Waals surface area (Å²) in [5.74, 6) is 5.30. The van der Waals surface area contributed by atoms with Gasteiger partial charge in [-0.3, -0.25) is 16.0 Å². The molecule has 0 saturated carbocycles. The zero-order chi connectivity index (χ0) is 15.6. The van der Waals surface area contributed by atoms with Gasteiger partial charge in [0.25, 0.3) is 0 Å². The van der Waals surface area contributed by atoms with Crippen molar-refractivity contribution < 1.29 is 4.92 Å². The fraction of sp³-hybridized carbons (Fsp3) is 0.0769. The van der Waals surface area contributed by atoms with E-state index in [0.717, 1.165) is 5.56 Å². The normalized spacial score (nSPS) is 10.3. The van der Waals surface area contributed by atoms with E-state index in [-0.39, 0.29) is 17.1 Å². The number of nitrogens with zero attached hydrogens (tertiary/aromatic N) is 1. The van der Waals surface area contributed by atoms with E-state index in [2.05, 4.69) is 10.7 Å². The molecule has 8 heteroatoms. The number of aryl methyl sites for hydroxylation is 1. The molecule has 0 aliphatic rings. The van der Waals surface area contributed by atoms with Crippen LogP contribution in [0.3, 0.4) is 0 Å². The van der Waals surface area contributed by atoms with Crippen LogP contribution in [0.4, 0.5) is 22.7 Å². The highest BCUT2D eigenvalue weighted by molar-refractivity contribution is 6.35. The molecule has 2 aromatic rings. The molecule has 2 aromatic carbocycles. The average Bonchev–Trinajstić information content (AvgIpc) is 2.44. The Balaban J connectivity index is 2.49. The second-order valence-electron chi connectivity index (χ2n) is 4.31. The Morgan fingerprint density at radius 1 is 1.14 bits per heavy atom. The Morgan fingerprint density at radius 2 is 1.81 bits per heavy atom. The zero-order valence-electron chi connectivity index (χ0n) is 11.0. The molecular weight excluding hydrogens is 315 g/mol. The van der Waals surface area contributed by atoms with Gasteiger partial charge < -0.3 is 10.7 Å². The van der Waals surface area contributed by atoms with Crippen LogP contribution in [0.25, 0.3) is 0 Å². The van der Waals surface area contributed by atoms with Crippen molar-refractivity contribution in [3.05, 3.63) is 56.1 Å². The van der Waals surface area contributed by atoms with Crippen molar-refractivity contribution in [1.82, 2.24) is 0 Å². The molecule has 21 heavy (non-hydrogen) atoms. The number of nitro groups is 1. The molecule has 0 aliphatic heterocycles. The van der Waals surface area contributed by atoms with Crippen molar-refractivity contribution in [2.75, 3.05) is 10.7 Å². The molecular formula is C13H12Cl2N4O2. The Morgan fingerprint density at radius 3 is 2.43 bits per heavy atom. The van der Waals surface area contributed by atoms with E-state index in [4.69, 9.17) is 29.0 Å². The summed E-state index contributed by atoms with van der Waals surface area (Å²) in [6.07, 6.45) is 0. The van der Waals surface area contributed by atoms with E-state index in [9.17, 15) is 10.1 Å². The first-order valence-electron chi connectivity index (χ1n) is 5.90. The first-order chi connectivity index (χ1) is 9.93. The van der Waals surface area contributed by atoms with Crippen LogP contribution in [0.2, 0.25) is 10.0 Å². The number of rotatable bonds is 4. The van der Waals surface area contributed by atoms with Crippen molar-refractivity contribution in [2.24, 2.45) is 5.84 Å². The molecule has 0 heterocycles. The van der Waals surface area contributed by atoms with Gasteiger partial charge in [-0.15, -0.1) is 0 Å². The number of hydrogen-bond acceptors (Lipinski definition) is 5. The van der Waals surface area contributed by atoms with Crippen molar-refractivity contribution in [1.29, 1.82) is 0 Å². The van der Waals surface area contributed by atoms with Crippen LogP contribution in [0.1, 0.15) is 5.56 Å². The van der Waals surface area contributed by atoms with Gasteiger partial charge in [-0.25, -0.2) is 0 Å². The molecule has 0 spiro atoms. The monoisotopic (exact) mass is 326 g/mol. The van der Waals surface area contributed by atoms with Gasteiger partial charge in [-0.2, -0.15) is 0 Å². The van der Waals surface area contributed by atoms with Gasteiger partial charge in [-0.05, 0) is 36.8 Å². The van der Waals surface area contributed by atoms with Crippen molar-refractivity contribution in [2.45, 2.75) is 6.92 Å². The van der Waals surface area contributed by atoms with Gasteiger partial charge in [-0.1, -0.05) is 29.3 Å². The zero-order valence-corrected chi connectivity index (χ0v) is 12.5. The lowest BCUT2D eigenvalue weighted by molar-refractivity contribution is -0.383. The highest BCUT2D eigenvalue weighted by Crippen LogP contribution is 2.37. The molecule has 0 saturated heterocycles. The summed E-state index contributed by atoms with van der Waals surface area (Å²) in [5.41, 5.74) is 3.87. The number of hydrogen-bond donors (Lipinski definition) is 3. The van der Waals surface area contributed by atoms with Crippen LogP contribution in [-0.4, -0.2) is 4.92 Å². The van der Waals surface area contributed by atoms with Crippen LogP contribution >= 0.6 is 23.2 Å². The van der Waals surface area contributed by atoms with E-state index in [1.807, 2.05) is 6.92 Å². The number of nitrogen functional groups attached to an aromatic ring is 1. The standard InChI is InChI=1S/C13H12Cl2N4O2/c1-7-5-9(15)12(6-8(7)14)17-10-3-2-4-11(18-16)13(10)19(20)21/h2-6,17-18H,16H2,1H3. The molecule has 6 nitrogen and oxygen atoms in total. The topological polar surface area (TPSA) is 93.2 Å². The molecule has 0 fully saturated rings. The summed E-state index contributed by atoms with van der Waals surface area (Å²) in [6.45, 7) is 1.82. The van der Waals surface area contributed by atoms with E-state index in [1.54, 1.807) is 24.3 Å². The minimum absolute atomic E-state index is 0.173. The summed E-state index contributed by atoms with van der Waals surface area (Å²) in [5, 5.41) is 15.0. The number of benzene rings is 2. The number of nitrogens with one attached hydrogen (secondary N) is 2. The van der Waals surface area contributed by atoms with Gasteiger partial charge in [0.15, 0.2) is 0 Å². The van der Waals surface area contributed by atoms with Crippen molar-refractivity contribution >= 4 is 46.0 Å². The van der Waals surface area contributed by atoms with Gasteiger partial charge in [0.1, 0.15) is 11.4 Å². The number of halogens is 2. The highest BCUT2D eigenvalue weighted by Gasteiger charge is 2.20. The maximum Gasteiger partial charge on any atom is 0.316 e. The lowest BCUT2D eigenvalue weighted by Crippen LogP contribution is -2.10. The van der Waals surface area contributed by atoms with Crippen LogP contribution in [-0.2, 0) is 0 Å². The summed E-state index contributed by atoms with van der Waals surface area (Å²) >= 11 is 12.2. The summed E-state index contributed by atoms with van der Waals surface area (Å²) in [6, 6.07) is 8.00. The molecule has 0 aromatic heterocycles. The number of anilines is 3.